The van der Waals surface area contributed by atoms with E-state index < -0.39 is 0 Å². The molecule has 112 valence electrons. The Hall–Kier alpha value is -1.67. The highest BCUT2D eigenvalue weighted by Gasteiger charge is 2.18. The highest BCUT2D eigenvalue weighted by molar-refractivity contribution is 5.31. The van der Waals surface area contributed by atoms with E-state index >= 15 is 0 Å². The lowest BCUT2D eigenvalue weighted by Gasteiger charge is -2.24. The maximum Gasteiger partial charge on any atom is 0.126 e. The number of hydrogen-bond donors (Lipinski definition) is 1. The number of hydrogen-bond acceptors (Lipinski definition) is 1. The zero-order valence-electron chi connectivity index (χ0n) is 13.1. The Morgan fingerprint density at radius 2 is 1.67 bits per heavy atom. The Labute approximate surface area is 127 Å². The van der Waals surface area contributed by atoms with Gasteiger partial charge >= 0.3 is 0 Å². The number of rotatable bonds is 5. The predicted octanol–water partition coefficient (Wildman–Crippen LogP) is 4.76. The zero-order chi connectivity index (χ0) is 15.5. The van der Waals surface area contributed by atoms with Crippen molar-refractivity contribution in [2.75, 3.05) is 0 Å². The molecule has 0 fully saturated rings. The highest BCUT2D eigenvalue weighted by atomic mass is 19.1. The minimum absolute atomic E-state index is 0.175. The third-order valence-corrected chi connectivity index (χ3v) is 4.40. The SMILES string of the molecule is CCC(C)(C)c1ccc(C(N)Cc2ccccc2F)cc1. The van der Waals surface area contributed by atoms with Gasteiger partial charge in [-0.15, -0.1) is 0 Å². The Balaban J connectivity index is 2.14. The van der Waals surface area contributed by atoms with Crippen molar-refractivity contribution in [3.8, 4) is 0 Å². The van der Waals surface area contributed by atoms with Gasteiger partial charge in [0.1, 0.15) is 5.82 Å². The first-order valence-corrected chi connectivity index (χ1v) is 7.53. The van der Waals surface area contributed by atoms with E-state index in [-0.39, 0.29) is 17.3 Å². The lowest BCUT2D eigenvalue weighted by Crippen LogP contribution is -2.17. The number of nitrogens with two attached hydrogens (primary N) is 1. The van der Waals surface area contributed by atoms with E-state index in [9.17, 15) is 4.39 Å². The lowest BCUT2D eigenvalue weighted by molar-refractivity contribution is 0.506. The number of halogens is 1. The lowest BCUT2D eigenvalue weighted by atomic mass is 9.81. The molecule has 0 aliphatic carbocycles. The molecule has 2 N–H and O–H groups in total. The van der Waals surface area contributed by atoms with E-state index in [0.717, 1.165) is 12.0 Å². The van der Waals surface area contributed by atoms with E-state index in [1.165, 1.54) is 11.6 Å². The van der Waals surface area contributed by atoms with Crippen molar-refractivity contribution >= 4 is 0 Å². The Morgan fingerprint density at radius 1 is 1.05 bits per heavy atom. The minimum atomic E-state index is -0.184. The van der Waals surface area contributed by atoms with Gasteiger partial charge in [0.05, 0.1) is 0 Å². The summed E-state index contributed by atoms with van der Waals surface area (Å²) < 4.78 is 13.7. The van der Waals surface area contributed by atoms with Crippen LogP contribution in [0.5, 0.6) is 0 Å². The third-order valence-electron chi connectivity index (χ3n) is 4.40. The van der Waals surface area contributed by atoms with Crippen molar-refractivity contribution in [2.24, 2.45) is 5.73 Å². The molecule has 0 saturated heterocycles. The summed E-state index contributed by atoms with van der Waals surface area (Å²) in [6.07, 6.45) is 1.61. The first-order chi connectivity index (χ1) is 9.94. The molecule has 0 saturated carbocycles. The van der Waals surface area contributed by atoms with E-state index in [1.807, 2.05) is 6.07 Å². The van der Waals surface area contributed by atoms with Crippen molar-refractivity contribution in [2.45, 2.75) is 45.1 Å². The largest absolute Gasteiger partial charge is 0.324 e. The third kappa shape index (κ3) is 3.70. The van der Waals surface area contributed by atoms with Crippen LogP contribution in [-0.2, 0) is 11.8 Å². The van der Waals surface area contributed by atoms with Crippen LogP contribution in [0.25, 0.3) is 0 Å². The Kier molecular flexibility index (Phi) is 4.79. The fraction of sp³-hybridized carbons (Fsp3) is 0.368. The average molecular weight is 285 g/mol. The monoisotopic (exact) mass is 285 g/mol. The molecule has 0 bridgehead atoms. The molecule has 1 unspecified atom stereocenters. The summed E-state index contributed by atoms with van der Waals surface area (Å²) in [4.78, 5) is 0. The van der Waals surface area contributed by atoms with Crippen molar-refractivity contribution in [1.29, 1.82) is 0 Å². The van der Waals surface area contributed by atoms with Crippen LogP contribution in [0.1, 0.15) is 49.9 Å². The molecule has 2 heteroatoms. The summed E-state index contributed by atoms with van der Waals surface area (Å²) in [6, 6.07) is 15.1. The minimum Gasteiger partial charge on any atom is -0.324 e. The second-order valence-corrected chi connectivity index (χ2v) is 6.26. The van der Waals surface area contributed by atoms with Crippen LogP contribution < -0.4 is 5.73 Å². The quantitative estimate of drug-likeness (QED) is 0.842. The van der Waals surface area contributed by atoms with Gasteiger partial charge in [0.15, 0.2) is 0 Å². The predicted molar refractivity (Wildman–Crippen MR) is 86.8 cm³/mol. The zero-order valence-corrected chi connectivity index (χ0v) is 13.1. The van der Waals surface area contributed by atoms with Gasteiger partial charge in [0.2, 0.25) is 0 Å². The summed E-state index contributed by atoms with van der Waals surface area (Å²) in [7, 11) is 0. The van der Waals surface area contributed by atoms with Crippen LogP contribution in [0.4, 0.5) is 4.39 Å². The molecule has 0 heterocycles. The van der Waals surface area contributed by atoms with E-state index in [0.29, 0.717) is 12.0 Å². The van der Waals surface area contributed by atoms with E-state index in [2.05, 4.69) is 45.0 Å². The Bertz CT molecular complexity index is 587. The number of benzene rings is 2. The molecule has 2 aromatic rings. The van der Waals surface area contributed by atoms with E-state index in [4.69, 9.17) is 5.73 Å². The molecular formula is C19H24FN. The summed E-state index contributed by atoms with van der Waals surface area (Å²) >= 11 is 0. The van der Waals surface area contributed by atoms with Crippen molar-refractivity contribution in [1.82, 2.24) is 0 Å². The topological polar surface area (TPSA) is 26.0 Å². The van der Waals surface area contributed by atoms with Gasteiger partial charge in [-0.05, 0) is 41.0 Å². The van der Waals surface area contributed by atoms with Crippen LogP contribution in [0.3, 0.4) is 0 Å². The molecule has 0 radical (unpaired) electrons. The normalized spacial score (nSPS) is 13.2. The smallest absolute Gasteiger partial charge is 0.126 e. The second kappa shape index (κ2) is 6.40. The van der Waals surface area contributed by atoms with Gasteiger partial charge < -0.3 is 5.73 Å². The highest BCUT2D eigenvalue weighted by Crippen LogP contribution is 2.28. The summed E-state index contributed by atoms with van der Waals surface area (Å²) in [5.41, 5.74) is 9.43. The second-order valence-electron chi connectivity index (χ2n) is 6.26. The molecule has 21 heavy (non-hydrogen) atoms. The Morgan fingerprint density at radius 3 is 2.24 bits per heavy atom. The van der Waals surface area contributed by atoms with Crippen LogP contribution >= 0.6 is 0 Å². The van der Waals surface area contributed by atoms with Gasteiger partial charge in [0, 0.05) is 6.04 Å². The van der Waals surface area contributed by atoms with Crippen molar-refractivity contribution < 1.29 is 4.39 Å². The molecular weight excluding hydrogens is 261 g/mol. The summed E-state index contributed by atoms with van der Waals surface area (Å²) in [6.45, 7) is 6.67. The molecule has 2 aromatic carbocycles. The molecule has 0 amide bonds. The molecule has 1 nitrogen and oxygen atoms in total. The van der Waals surface area contributed by atoms with Crippen LogP contribution in [-0.4, -0.2) is 0 Å². The van der Waals surface area contributed by atoms with Crippen LogP contribution in [0.15, 0.2) is 48.5 Å². The fourth-order valence-electron chi connectivity index (χ4n) is 2.40. The first-order valence-electron chi connectivity index (χ1n) is 7.53. The summed E-state index contributed by atoms with van der Waals surface area (Å²) in [5, 5.41) is 0. The molecule has 0 spiro atoms. The molecule has 2 rings (SSSR count). The van der Waals surface area contributed by atoms with Crippen molar-refractivity contribution in [3.63, 3.8) is 0 Å². The molecule has 0 aliphatic rings. The molecule has 1 atom stereocenters. The average Bonchev–Trinajstić information content (AvgIpc) is 2.49. The van der Waals surface area contributed by atoms with Crippen LogP contribution in [0.2, 0.25) is 0 Å². The fourth-order valence-corrected chi connectivity index (χ4v) is 2.40. The van der Waals surface area contributed by atoms with Crippen molar-refractivity contribution in [3.05, 3.63) is 71.0 Å². The van der Waals surface area contributed by atoms with E-state index in [1.54, 1.807) is 12.1 Å². The first kappa shape index (κ1) is 15.7. The molecule has 0 aliphatic heterocycles. The van der Waals surface area contributed by atoms with Gasteiger partial charge in [-0.25, -0.2) is 4.39 Å². The molecule has 0 aromatic heterocycles. The maximum atomic E-state index is 13.7. The van der Waals surface area contributed by atoms with Gasteiger partial charge in [0.25, 0.3) is 0 Å². The van der Waals surface area contributed by atoms with Gasteiger partial charge in [-0.1, -0.05) is 63.2 Å². The summed E-state index contributed by atoms with van der Waals surface area (Å²) in [5.74, 6) is -0.184. The van der Waals surface area contributed by atoms with Crippen LogP contribution in [0, 0.1) is 5.82 Å². The van der Waals surface area contributed by atoms with Gasteiger partial charge in [-0.3, -0.25) is 0 Å². The van der Waals surface area contributed by atoms with Gasteiger partial charge in [-0.2, -0.15) is 0 Å². The standard InChI is InChI=1S/C19H24FN/c1-4-19(2,3)16-11-9-14(10-12-16)18(21)13-15-7-5-6-8-17(15)20/h5-12,18H,4,13,21H2,1-3H3. The maximum absolute atomic E-state index is 13.7.